The van der Waals surface area contributed by atoms with E-state index in [9.17, 15) is 4.79 Å². The fraction of sp³-hybridized carbons (Fsp3) is 0.0952. The van der Waals surface area contributed by atoms with E-state index in [0.717, 1.165) is 11.1 Å². The van der Waals surface area contributed by atoms with Gasteiger partial charge in [-0.05, 0) is 55.5 Å². The Labute approximate surface area is 152 Å². The SMILES string of the molecule is COC(=O)c1ccc(N=C(c2ccccc2)[n+]2cccc(C)c2N)cc1. The number of esters is 1. The molecule has 2 N–H and O–H groups in total. The molecule has 0 atom stereocenters. The number of hydrogen-bond acceptors (Lipinski definition) is 4. The van der Waals surface area contributed by atoms with E-state index >= 15 is 0 Å². The number of aliphatic imine (C=N–C) groups is 1. The average molecular weight is 346 g/mol. The quantitative estimate of drug-likeness (QED) is 0.342. The van der Waals surface area contributed by atoms with E-state index in [1.807, 2.05) is 60.2 Å². The zero-order valence-electron chi connectivity index (χ0n) is 14.7. The molecule has 3 rings (SSSR count). The van der Waals surface area contributed by atoms with Gasteiger partial charge in [0.1, 0.15) is 5.69 Å². The Morgan fingerprint density at radius 3 is 2.31 bits per heavy atom. The third kappa shape index (κ3) is 3.62. The summed E-state index contributed by atoms with van der Waals surface area (Å²) in [5.74, 6) is 0.958. The maximum atomic E-state index is 11.6. The maximum Gasteiger partial charge on any atom is 0.337 e. The fourth-order valence-corrected chi connectivity index (χ4v) is 2.57. The number of anilines is 1. The van der Waals surface area contributed by atoms with Crippen molar-refractivity contribution in [2.45, 2.75) is 6.92 Å². The molecule has 0 amide bonds. The van der Waals surface area contributed by atoms with E-state index in [2.05, 4.69) is 0 Å². The molecule has 0 fully saturated rings. The van der Waals surface area contributed by atoms with Gasteiger partial charge in [-0.25, -0.2) is 9.36 Å². The summed E-state index contributed by atoms with van der Waals surface area (Å²) in [5.41, 5.74) is 9.38. The van der Waals surface area contributed by atoms with E-state index in [1.54, 1.807) is 24.3 Å². The van der Waals surface area contributed by atoms with Crippen molar-refractivity contribution < 1.29 is 14.1 Å². The summed E-state index contributed by atoms with van der Waals surface area (Å²) in [5, 5.41) is 0. The van der Waals surface area contributed by atoms with E-state index < -0.39 is 0 Å². The molecule has 0 unspecified atom stereocenters. The van der Waals surface area contributed by atoms with Crippen molar-refractivity contribution >= 4 is 23.3 Å². The Hall–Kier alpha value is -3.47. The predicted octanol–water partition coefficient (Wildman–Crippen LogP) is 3.28. The van der Waals surface area contributed by atoms with Gasteiger partial charge in [-0.3, -0.25) is 0 Å². The van der Waals surface area contributed by atoms with E-state index in [1.165, 1.54) is 7.11 Å². The highest BCUT2D eigenvalue weighted by Gasteiger charge is 2.17. The number of nitrogens with two attached hydrogens (primary N) is 1. The molecule has 0 aliphatic carbocycles. The topological polar surface area (TPSA) is 68.6 Å². The summed E-state index contributed by atoms with van der Waals surface area (Å²) in [6.45, 7) is 1.96. The van der Waals surface area contributed by atoms with Crippen LogP contribution in [-0.2, 0) is 4.74 Å². The normalized spacial score (nSPS) is 11.2. The van der Waals surface area contributed by atoms with Crippen molar-refractivity contribution in [3.63, 3.8) is 0 Å². The number of ether oxygens (including phenoxy) is 1. The van der Waals surface area contributed by atoms with Gasteiger partial charge in [0.25, 0.3) is 5.84 Å². The lowest BCUT2D eigenvalue weighted by Crippen LogP contribution is -2.46. The summed E-state index contributed by atoms with van der Waals surface area (Å²) in [4.78, 5) is 16.4. The molecule has 0 saturated carbocycles. The number of carbonyl (C=O) groups is 1. The van der Waals surface area contributed by atoms with Crippen LogP contribution < -0.4 is 10.3 Å². The number of benzene rings is 2. The number of nitrogen functional groups attached to an aromatic ring is 1. The van der Waals surface area contributed by atoms with Crippen LogP contribution in [0.5, 0.6) is 0 Å². The van der Waals surface area contributed by atoms with Gasteiger partial charge in [-0.1, -0.05) is 18.2 Å². The lowest BCUT2D eigenvalue weighted by atomic mass is 10.1. The first kappa shape index (κ1) is 17.4. The summed E-state index contributed by atoms with van der Waals surface area (Å²) >= 11 is 0. The van der Waals surface area contributed by atoms with Crippen LogP contribution in [0.2, 0.25) is 0 Å². The molecule has 1 aromatic heterocycles. The van der Waals surface area contributed by atoms with Crippen LogP contribution in [0.4, 0.5) is 11.5 Å². The fourth-order valence-electron chi connectivity index (χ4n) is 2.57. The Morgan fingerprint density at radius 1 is 0.962 bits per heavy atom. The molecule has 1 heterocycles. The van der Waals surface area contributed by atoms with E-state index in [0.29, 0.717) is 22.9 Å². The van der Waals surface area contributed by atoms with Crippen molar-refractivity contribution in [1.29, 1.82) is 0 Å². The molecule has 0 spiro atoms. The number of nitrogens with zero attached hydrogens (tertiary/aromatic N) is 2. The minimum atomic E-state index is -0.374. The van der Waals surface area contributed by atoms with Crippen molar-refractivity contribution in [2.75, 3.05) is 12.8 Å². The van der Waals surface area contributed by atoms with Crippen molar-refractivity contribution in [2.24, 2.45) is 4.99 Å². The molecule has 130 valence electrons. The van der Waals surface area contributed by atoms with Crippen LogP contribution in [-0.4, -0.2) is 18.9 Å². The largest absolute Gasteiger partial charge is 0.465 e. The summed E-state index contributed by atoms with van der Waals surface area (Å²) in [6, 6.07) is 20.7. The number of aromatic nitrogens is 1. The van der Waals surface area contributed by atoms with Crippen LogP contribution in [0.25, 0.3) is 0 Å². The molecule has 26 heavy (non-hydrogen) atoms. The van der Waals surface area contributed by atoms with E-state index in [4.69, 9.17) is 15.5 Å². The lowest BCUT2D eigenvalue weighted by molar-refractivity contribution is -0.538. The lowest BCUT2D eigenvalue weighted by Gasteiger charge is -2.08. The highest BCUT2D eigenvalue weighted by Crippen LogP contribution is 2.16. The van der Waals surface area contributed by atoms with Crippen LogP contribution in [0.3, 0.4) is 0 Å². The monoisotopic (exact) mass is 346 g/mol. The zero-order valence-corrected chi connectivity index (χ0v) is 14.7. The molecule has 0 radical (unpaired) electrons. The van der Waals surface area contributed by atoms with Crippen LogP contribution in [0.15, 0.2) is 77.9 Å². The summed E-state index contributed by atoms with van der Waals surface area (Å²) in [7, 11) is 1.36. The molecule has 0 bridgehead atoms. The summed E-state index contributed by atoms with van der Waals surface area (Å²) in [6.07, 6.45) is 1.89. The second kappa shape index (κ2) is 7.61. The van der Waals surface area contributed by atoms with Gasteiger partial charge < -0.3 is 10.5 Å². The highest BCUT2D eigenvalue weighted by atomic mass is 16.5. The predicted molar refractivity (Wildman–Crippen MR) is 102 cm³/mol. The van der Waals surface area contributed by atoms with Crippen LogP contribution in [0.1, 0.15) is 21.5 Å². The van der Waals surface area contributed by atoms with Crippen molar-refractivity contribution in [1.82, 2.24) is 0 Å². The first-order valence-electron chi connectivity index (χ1n) is 8.20. The molecule has 0 aliphatic rings. The van der Waals surface area contributed by atoms with Crippen molar-refractivity contribution in [3.05, 3.63) is 89.6 Å². The number of methoxy groups -OCH3 is 1. The third-order valence-corrected chi connectivity index (χ3v) is 4.03. The van der Waals surface area contributed by atoms with Crippen molar-refractivity contribution in [3.8, 4) is 0 Å². The number of aryl methyl sites for hydroxylation is 1. The smallest absolute Gasteiger partial charge is 0.337 e. The Bertz CT molecular complexity index is 949. The molecule has 5 heteroatoms. The molecular formula is C21H20N3O2+. The Morgan fingerprint density at radius 2 is 1.65 bits per heavy atom. The summed E-state index contributed by atoms with van der Waals surface area (Å²) < 4.78 is 6.59. The van der Waals surface area contributed by atoms with Gasteiger partial charge in [0.2, 0.25) is 5.82 Å². The van der Waals surface area contributed by atoms with Crippen LogP contribution >= 0.6 is 0 Å². The highest BCUT2D eigenvalue weighted by molar-refractivity contribution is 5.94. The average Bonchev–Trinajstić information content (AvgIpc) is 2.69. The first-order chi connectivity index (χ1) is 12.6. The van der Waals surface area contributed by atoms with Gasteiger partial charge in [0.05, 0.1) is 24.4 Å². The Balaban J connectivity index is 2.11. The number of rotatable bonds is 3. The Kier molecular flexibility index (Phi) is 5.08. The van der Waals surface area contributed by atoms with Crippen LogP contribution in [0, 0.1) is 6.92 Å². The molecule has 5 nitrogen and oxygen atoms in total. The third-order valence-electron chi connectivity index (χ3n) is 4.03. The minimum absolute atomic E-state index is 0.374. The minimum Gasteiger partial charge on any atom is -0.465 e. The zero-order chi connectivity index (χ0) is 18.5. The molecular weight excluding hydrogens is 326 g/mol. The molecule has 3 aromatic rings. The molecule has 2 aromatic carbocycles. The number of hydrogen-bond donors (Lipinski definition) is 1. The van der Waals surface area contributed by atoms with Gasteiger partial charge >= 0.3 is 5.97 Å². The molecule has 0 aliphatic heterocycles. The standard InChI is InChI=1S/C21H19N3O2/c1-15-7-6-14-24(19(15)22)20(16-8-4-3-5-9-16)23-18-12-10-17(11-13-18)21(25)26-2/h3-14,22H,1-2H3/p+1. The van der Waals surface area contributed by atoms with Gasteiger partial charge in [0, 0.05) is 5.56 Å². The van der Waals surface area contributed by atoms with Gasteiger partial charge in [-0.2, -0.15) is 0 Å². The van der Waals surface area contributed by atoms with Gasteiger partial charge in [-0.15, -0.1) is 4.99 Å². The first-order valence-corrected chi connectivity index (χ1v) is 8.20. The van der Waals surface area contributed by atoms with Gasteiger partial charge in [0.15, 0.2) is 0 Å². The maximum absolute atomic E-state index is 11.6. The second-order valence-electron chi connectivity index (χ2n) is 5.79. The van der Waals surface area contributed by atoms with E-state index in [-0.39, 0.29) is 5.97 Å². The number of carbonyl (C=O) groups excluding carboxylic acids is 1. The number of pyridine rings is 1. The second-order valence-corrected chi connectivity index (χ2v) is 5.79. The molecule has 0 saturated heterocycles.